The van der Waals surface area contributed by atoms with E-state index >= 15 is 0 Å². The molecule has 0 saturated heterocycles. The fourth-order valence-electron chi connectivity index (χ4n) is 3.53. The first-order valence-electron chi connectivity index (χ1n) is 10.1. The Morgan fingerprint density at radius 3 is 2.28 bits per heavy atom. The second-order valence-electron chi connectivity index (χ2n) is 7.30. The number of hydrogen-bond acceptors (Lipinski definition) is 5. The number of methoxy groups -OCH3 is 1. The van der Waals surface area contributed by atoms with Crippen molar-refractivity contribution in [2.45, 2.75) is 13.8 Å². The first kappa shape index (κ1) is 21.5. The molecule has 6 heteroatoms. The molecule has 0 bridgehead atoms. The van der Waals surface area contributed by atoms with Crippen LogP contribution in [0.25, 0.3) is 11.3 Å². The van der Waals surface area contributed by atoms with Gasteiger partial charge in [0.15, 0.2) is 10.9 Å². The molecule has 0 aliphatic carbocycles. The van der Waals surface area contributed by atoms with Crippen molar-refractivity contribution < 1.29 is 14.3 Å². The lowest BCUT2D eigenvalue weighted by Gasteiger charge is -2.08. The molecule has 0 spiro atoms. The van der Waals surface area contributed by atoms with Crippen LogP contribution < -0.4 is 10.1 Å². The Kier molecular flexibility index (Phi) is 6.14. The number of amides is 1. The number of nitrogens with zero attached hydrogens (tertiary/aromatic N) is 1. The molecule has 4 rings (SSSR count). The minimum atomic E-state index is -0.365. The summed E-state index contributed by atoms with van der Waals surface area (Å²) >= 11 is 1.40. The van der Waals surface area contributed by atoms with Gasteiger partial charge in [-0.05, 0) is 43.7 Å². The Hall–Kier alpha value is -3.77. The lowest BCUT2D eigenvalue weighted by Crippen LogP contribution is -2.16. The molecule has 3 aromatic carbocycles. The van der Waals surface area contributed by atoms with Crippen LogP contribution in [-0.2, 0) is 0 Å². The SMILES string of the molecule is COc1ccc(-c2nc(NC(=O)c3ccccc3C(=O)c3ccccc3)sc2C)cc1C. The van der Waals surface area contributed by atoms with Gasteiger partial charge in [0.05, 0.1) is 18.4 Å². The zero-order valence-corrected chi connectivity index (χ0v) is 18.8. The van der Waals surface area contributed by atoms with Crippen LogP contribution in [0.2, 0.25) is 0 Å². The van der Waals surface area contributed by atoms with Crippen molar-refractivity contribution in [2.75, 3.05) is 12.4 Å². The summed E-state index contributed by atoms with van der Waals surface area (Å²) in [6, 6.07) is 21.6. The molecule has 0 unspecified atom stereocenters. The lowest BCUT2D eigenvalue weighted by atomic mass is 9.98. The van der Waals surface area contributed by atoms with Gasteiger partial charge in [0.1, 0.15) is 5.75 Å². The van der Waals surface area contributed by atoms with Gasteiger partial charge in [0.2, 0.25) is 0 Å². The van der Waals surface area contributed by atoms with Crippen LogP contribution in [0.4, 0.5) is 5.13 Å². The number of carbonyl (C=O) groups is 2. The van der Waals surface area contributed by atoms with E-state index in [1.54, 1.807) is 55.6 Å². The number of rotatable bonds is 6. The first-order valence-corrected chi connectivity index (χ1v) is 10.9. The average molecular weight is 443 g/mol. The van der Waals surface area contributed by atoms with Gasteiger partial charge in [-0.3, -0.25) is 14.9 Å². The number of nitrogens with one attached hydrogen (secondary N) is 1. The number of aryl methyl sites for hydroxylation is 2. The molecule has 0 saturated carbocycles. The van der Waals surface area contributed by atoms with Gasteiger partial charge in [-0.25, -0.2) is 4.98 Å². The first-order chi connectivity index (χ1) is 15.5. The molecule has 1 N–H and O–H groups in total. The predicted octanol–water partition coefficient (Wildman–Crippen LogP) is 5.92. The Labute approximate surface area is 190 Å². The third kappa shape index (κ3) is 4.31. The summed E-state index contributed by atoms with van der Waals surface area (Å²) in [6.45, 7) is 3.95. The summed E-state index contributed by atoms with van der Waals surface area (Å²) in [5.74, 6) is 0.256. The van der Waals surface area contributed by atoms with E-state index in [-0.39, 0.29) is 11.7 Å². The fraction of sp³-hybridized carbons (Fsp3) is 0.115. The summed E-state index contributed by atoms with van der Waals surface area (Å²) in [5.41, 5.74) is 3.99. The number of ether oxygens (including phenoxy) is 1. The highest BCUT2D eigenvalue weighted by atomic mass is 32.1. The molecule has 0 atom stereocenters. The lowest BCUT2D eigenvalue weighted by molar-refractivity contribution is 0.0996. The van der Waals surface area contributed by atoms with Gasteiger partial charge in [-0.15, -0.1) is 11.3 Å². The van der Waals surface area contributed by atoms with E-state index in [9.17, 15) is 9.59 Å². The predicted molar refractivity (Wildman–Crippen MR) is 128 cm³/mol. The van der Waals surface area contributed by atoms with Crippen molar-refractivity contribution >= 4 is 28.2 Å². The van der Waals surface area contributed by atoms with E-state index in [2.05, 4.69) is 10.3 Å². The van der Waals surface area contributed by atoms with E-state index in [0.717, 1.165) is 27.4 Å². The molecule has 5 nitrogen and oxygen atoms in total. The number of aromatic nitrogens is 1. The van der Waals surface area contributed by atoms with Gasteiger partial charge in [-0.1, -0.05) is 48.5 Å². The highest BCUT2D eigenvalue weighted by Crippen LogP contribution is 2.33. The van der Waals surface area contributed by atoms with Crippen LogP contribution in [0.1, 0.15) is 36.7 Å². The molecule has 4 aromatic rings. The van der Waals surface area contributed by atoms with Crippen molar-refractivity contribution in [3.63, 3.8) is 0 Å². The zero-order chi connectivity index (χ0) is 22.7. The molecular weight excluding hydrogens is 420 g/mol. The van der Waals surface area contributed by atoms with Crippen LogP contribution in [0, 0.1) is 13.8 Å². The van der Waals surface area contributed by atoms with Crippen molar-refractivity contribution in [3.05, 3.63) is 99.9 Å². The van der Waals surface area contributed by atoms with E-state index in [4.69, 9.17) is 4.74 Å². The van der Waals surface area contributed by atoms with Gasteiger partial charge >= 0.3 is 0 Å². The number of hydrogen-bond donors (Lipinski definition) is 1. The number of ketones is 1. The molecule has 1 aromatic heterocycles. The average Bonchev–Trinajstić information content (AvgIpc) is 3.18. The third-order valence-corrected chi connectivity index (χ3v) is 6.02. The van der Waals surface area contributed by atoms with Crippen molar-refractivity contribution in [1.82, 2.24) is 4.98 Å². The molecule has 0 fully saturated rings. The van der Waals surface area contributed by atoms with Crippen LogP contribution in [0.3, 0.4) is 0 Å². The monoisotopic (exact) mass is 442 g/mol. The maximum absolute atomic E-state index is 13.1. The number of carbonyl (C=O) groups excluding carboxylic acids is 2. The summed E-state index contributed by atoms with van der Waals surface area (Å²) in [5, 5.41) is 3.35. The van der Waals surface area contributed by atoms with E-state index in [1.807, 2.05) is 38.1 Å². The topological polar surface area (TPSA) is 68.3 Å². The minimum Gasteiger partial charge on any atom is -0.496 e. The van der Waals surface area contributed by atoms with E-state index < -0.39 is 0 Å². The third-order valence-electron chi connectivity index (χ3n) is 5.14. The molecule has 1 heterocycles. The molecule has 0 aliphatic rings. The molecule has 32 heavy (non-hydrogen) atoms. The number of benzene rings is 3. The molecule has 0 aliphatic heterocycles. The van der Waals surface area contributed by atoms with Gasteiger partial charge in [0, 0.05) is 21.6 Å². The Bertz CT molecular complexity index is 1300. The van der Waals surface area contributed by atoms with Crippen molar-refractivity contribution in [2.24, 2.45) is 0 Å². The van der Waals surface area contributed by atoms with Crippen LogP contribution in [0.5, 0.6) is 5.75 Å². The molecule has 160 valence electrons. The van der Waals surface area contributed by atoms with E-state index in [0.29, 0.717) is 21.8 Å². The minimum absolute atomic E-state index is 0.193. The molecular formula is C26H22N2O3S. The standard InChI is InChI=1S/C26H22N2O3S/c1-16-15-19(13-14-22(16)31-3)23-17(2)32-26(27-23)28-25(30)21-12-8-7-11-20(21)24(29)18-9-5-4-6-10-18/h4-15H,1-3H3,(H,27,28,30). The van der Waals surface area contributed by atoms with Gasteiger partial charge in [0.25, 0.3) is 5.91 Å². The normalized spacial score (nSPS) is 10.6. The largest absolute Gasteiger partial charge is 0.496 e. The zero-order valence-electron chi connectivity index (χ0n) is 18.0. The quantitative estimate of drug-likeness (QED) is 0.377. The van der Waals surface area contributed by atoms with Crippen molar-refractivity contribution in [3.8, 4) is 17.0 Å². The highest BCUT2D eigenvalue weighted by Gasteiger charge is 2.20. The van der Waals surface area contributed by atoms with Crippen LogP contribution in [0.15, 0.2) is 72.8 Å². The Morgan fingerprint density at radius 2 is 1.59 bits per heavy atom. The second-order valence-corrected chi connectivity index (χ2v) is 8.51. The van der Waals surface area contributed by atoms with Gasteiger partial charge < -0.3 is 4.74 Å². The van der Waals surface area contributed by atoms with Crippen molar-refractivity contribution in [1.29, 1.82) is 0 Å². The summed E-state index contributed by atoms with van der Waals surface area (Å²) < 4.78 is 5.33. The summed E-state index contributed by atoms with van der Waals surface area (Å²) in [6.07, 6.45) is 0. The number of thiazole rings is 1. The Morgan fingerprint density at radius 1 is 0.906 bits per heavy atom. The highest BCUT2D eigenvalue weighted by molar-refractivity contribution is 7.16. The van der Waals surface area contributed by atoms with Crippen LogP contribution in [-0.4, -0.2) is 23.8 Å². The summed E-state index contributed by atoms with van der Waals surface area (Å²) in [7, 11) is 1.64. The van der Waals surface area contributed by atoms with Gasteiger partial charge in [-0.2, -0.15) is 0 Å². The molecule has 1 amide bonds. The van der Waals surface area contributed by atoms with Crippen LogP contribution >= 0.6 is 11.3 Å². The maximum Gasteiger partial charge on any atom is 0.258 e. The Balaban J connectivity index is 1.60. The second kappa shape index (κ2) is 9.16. The fourth-order valence-corrected chi connectivity index (χ4v) is 4.36. The molecule has 0 radical (unpaired) electrons. The van der Waals surface area contributed by atoms with E-state index in [1.165, 1.54) is 11.3 Å². The smallest absolute Gasteiger partial charge is 0.258 e. The number of anilines is 1. The maximum atomic E-state index is 13.1. The summed E-state index contributed by atoms with van der Waals surface area (Å²) in [4.78, 5) is 31.6.